The number of hydrogen-bond acceptors (Lipinski definition) is 11. The molecule has 1 saturated carbocycles. The van der Waals surface area contributed by atoms with Crippen molar-refractivity contribution < 1.29 is 58.3 Å². The minimum Gasteiger partial charge on any atom is -0.457 e. The Morgan fingerprint density at radius 3 is 1.31 bits per heavy atom. The number of aliphatic hydroxyl groups is 5. The predicted molar refractivity (Wildman–Crippen MR) is 230 cm³/mol. The number of aliphatic hydroxyl groups excluding tert-OH is 5. The summed E-state index contributed by atoms with van der Waals surface area (Å²) >= 11 is 0. The van der Waals surface area contributed by atoms with Gasteiger partial charge < -0.3 is 39.9 Å². The average molecular weight is 833 g/mol. The monoisotopic (exact) mass is 832 g/mol. The molecule has 12 nitrogen and oxygen atoms in total. The molecule has 0 amide bonds. The molecule has 0 saturated heterocycles. The molecule has 1 aliphatic carbocycles. The lowest BCUT2D eigenvalue weighted by molar-refractivity contribution is -0.220. The average Bonchev–Trinajstić information content (AvgIpc) is 3.21. The highest BCUT2D eigenvalue weighted by atomic mass is 31.2. The SMILES string of the molecule is CC/C=C\C/C=C\C/C=C\C/C=C\C/C=C\CCOCC(COP(=O)(O)OC1C(O)C(O)C(O)C(O)C1O)OC(=O)C/C=C\C/C=C\C/C=C\C/C=C\C/C=C\CC. The first kappa shape index (κ1) is 52.8. The van der Waals surface area contributed by atoms with Gasteiger partial charge in [0, 0.05) is 0 Å². The molecule has 0 aromatic rings. The van der Waals surface area contributed by atoms with E-state index in [2.05, 4.69) is 98.9 Å². The Morgan fingerprint density at radius 2 is 0.897 bits per heavy atom. The van der Waals surface area contributed by atoms with Gasteiger partial charge in [-0.3, -0.25) is 13.8 Å². The van der Waals surface area contributed by atoms with Crippen LogP contribution in [0.3, 0.4) is 0 Å². The van der Waals surface area contributed by atoms with Crippen LogP contribution in [0.4, 0.5) is 0 Å². The first-order valence-corrected chi connectivity index (χ1v) is 21.9. The van der Waals surface area contributed by atoms with Crippen molar-refractivity contribution in [2.24, 2.45) is 0 Å². The molecule has 0 aromatic heterocycles. The second-order valence-corrected chi connectivity index (χ2v) is 14.8. The number of carbonyl (C=O) groups excluding carboxylic acids is 1. The van der Waals surface area contributed by atoms with Gasteiger partial charge >= 0.3 is 13.8 Å². The summed E-state index contributed by atoms with van der Waals surface area (Å²) in [6.45, 7) is 3.66. The Labute approximate surface area is 346 Å². The van der Waals surface area contributed by atoms with Crippen LogP contribution in [0.25, 0.3) is 0 Å². The molecule has 0 heterocycles. The number of rotatable bonds is 31. The fourth-order valence-electron chi connectivity index (χ4n) is 5.20. The van der Waals surface area contributed by atoms with E-state index in [1.54, 1.807) is 6.08 Å². The van der Waals surface area contributed by atoms with Gasteiger partial charge in [0.25, 0.3) is 0 Å². The minimum atomic E-state index is -5.07. The van der Waals surface area contributed by atoms with Gasteiger partial charge in [0.15, 0.2) is 0 Å². The largest absolute Gasteiger partial charge is 0.472 e. The van der Waals surface area contributed by atoms with Crippen molar-refractivity contribution in [2.75, 3.05) is 19.8 Å². The third kappa shape index (κ3) is 26.7. The van der Waals surface area contributed by atoms with Crippen molar-refractivity contribution in [1.29, 1.82) is 0 Å². The Kier molecular flexibility index (Phi) is 31.5. The Hall–Kier alpha value is -3.26. The first-order valence-electron chi connectivity index (χ1n) is 20.4. The summed E-state index contributed by atoms with van der Waals surface area (Å²) in [7, 11) is -5.07. The van der Waals surface area contributed by atoms with Crippen LogP contribution in [0.1, 0.15) is 90.9 Å². The molecule has 0 bridgehead atoms. The van der Waals surface area contributed by atoms with Crippen LogP contribution in [0, 0.1) is 0 Å². The number of phosphoric acid groups is 1. The fourth-order valence-corrected chi connectivity index (χ4v) is 6.17. The van der Waals surface area contributed by atoms with E-state index in [1.165, 1.54) is 0 Å². The van der Waals surface area contributed by atoms with Crippen LogP contribution in [0.2, 0.25) is 0 Å². The first-order chi connectivity index (χ1) is 28.0. The third-order valence-corrected chi connectivity index (χ3v) is 9.37. The summed E-state index contributed by atoms with van der Waals surface area (Å²) in [5, 5.41) is 50.0. The molecule has 1 rings (SSSR count). The third-order valence-electron chi connectivity index (χ3n) is 8.38. The number of allylic oxidation sites excluding steroid dienone is 18. The molecule has 6 atom stereocenters. The molecule has 58 heavy (non-hydrogen) atoms. The minimum absolute atomic E-state index is 0.0735. The lowest BCUT2D eigenvalue weighted by Gasteiger charge is -2.41. The zero-order valence-electron chi connectivity index (χ0n) is 34.3. The molecule has 0 radical (unpaired) electrons. The van der Waals surface area contributed by atoms with Gasteiger partial charge in [0.05, 0.1) is 26.2 Å². The zero-order valence-corrected chi connectivity index (χ0v) is 35.2. The normalized spacial score (nSPS) is 23.9. The summed E-state index contributed by atoms with van der Waals surface area (Å²) in [6, 6.07) is 0. The molecular weight excluding hydrogens is 763 g/mol. The molecule has 0 aliphatic heterocycles. The van der Waals surface area contributed by atoms with Crippen LogP contribution in [0.15, 0.2) is 122 Å². The van der Waals surface area contributed by atoms with E-state index in [9.17, 15) is 39.8 Å². The smallest absolute Gasteiger partial charge is 0.457 e. The van der Waals surface area contributed by atoms with Crippen LogP contribution in [-0.4, -0.2) is 98.9 Å². The van der Waals surface area contributed by atoms with Gasteiger partial charge in [-0.2, -0.15) is 0 Å². The zero-order chi connectivity index (χ0) is 42.7. The molecule has 1 aliphatic rings. The van der Waals surface area contributed by atoms with Crippen molar-refractivity contribution in [3.05, 3.63) is 122 Å². The fraction of sp³-hybridized carbons (Fsp3) is 0.533. The van der Waals surface area contributed by atoms with Gasteiger partial charge in [-0.1, -0.05) is 135 Å². The lowest BCUT2D eigenvalue weighted by Crippen LogP contribution is -2.64. The number of phosphoric ester groups is 1. The van der Waals surface area contributed by atoms with E-state index in [1.807, 2.05) is 30.4 Å². The number of esters is 1. The lowest BCUT2D eigenvalue weighted by atomic mass is 9.85. The summed E-state index contributed by atoms with van der Waals surface area (Å²) in [6.07, 6.45) is 37.5. The van der Waals surface area contributed by atoms with Gasteiger partial charge in [0.1, 0.15) is 42.7 Å². The Bertz CT molecular complexity index is 1410. The Balaban J connectivity index is 2.59. The number of carbonyl (C=O) groups is 1. The molecule has 13 heteroatoms. The summed E-state index contributed by atoms with van der Waals surface area (Å²) in [5.74, 6) is -0.636. The maximum Gasteiger partial charge on any atom is 0.472 e. The summed E-state index contributed by atoms with van der Waals surface area (Å²) in [4.78, 5) is 23.0. The van der Waals surface area contributed by atoms with Crippen LogP contribution in [-0.2, 0) is 27.9 Å². The molecule has 326 valence electrons. The van der Waals surface area contributed by atoms with E-state index in [0.29, 0.717) is 12.8 Å². The topological polar surface area (TPSA) is 192 Å². The van der Waals surface area contributed by atoms with Crippen molar-refractivity contribution >= 4 is 13.8 Å². The number of hydrogen-bond donors (Lipinski definition) is 6. The summed E-state index contributed by atoms with van der Waals surface area (Å²) in [5.41, 5.74) is 0. The summed E-state index contributed by atoms with van der Waals surface area (Å²) < 4.78 is 33.8. The van der Waals surface area contributed by atoms with Crippen molar-refractivity contribution in [2.45, 2.75) is 134 Å². The second kappa shape index (κ2) is 34.6. The van der Waals surface area contributed by atoms with Gasteiger partial charge in [-0.05, 0) is 70.6 Å². The molecule has 0 spiro atoms. The van der Waals surface area contributed by atoms with E-state index >= 15 is 0 Å². The van der Waals surface area contributed by atoms with Crippen LogP contribution < -0.4 is 0 Å². The maximum atomic E-state index is 12.8. The molecule has 0 aromatic carbocycles. The van der Waals surface area contributed by atoms with E-state index < -0.39 is 63.1 Å². The molecule has 6 N–H and O–H groups in total. The van der Waals surface area contributed by atoms with E-state index in [0.717, 1.165) is 57.8 Å². The van der Waals surface area contributed by atoms with Crippen molar-refractivity contribution in [1.82, 2.24) is 0 Å². The molecular formula is C45H69O12P. The maximum absolute atomic E-state index is 12.8. The van der Waals surface area contributed by atoms with Crippen LogP contribution >= 0.6 is 7.82 Å². The predicted octanol–water partition coefficient (Wildman–Crippen LogP) is 7.52. The van der Waals surface area contributed by atoms with Gasteiger partial charge in [0.2, 0.25) is 0 Å². The van der Waals surface area contributed by atoms with Gasteiger partial charge in [-0.25, -0.2) is 4.57 Å². The molecule has 1 fully saturated rings. The highest BCUT2D eigenvalue weighted by molar-refractivity contribution is 7.47. The van der Waals surface area contributed by atoms with Crippen molar-refractivity contribution in [3.63, 3.8) is 0 Å². The van der Waals surface area contributed by atoms with Crippen molar-refractivity contribution in [3.8, 4) is 0 Å². The quantitative estimate of drug-likeness (QED) is 0.0175. The number of ether oxygens (including phenoxy) is 2. The van der Waals surface area contributed by atoms with Gasteiger partial charge in [-0.15, -0.1) is 0 Å². The highest BCUT2D eigenvalue weighted by Crippen LogP contribution is 2.47. The Morgan fingerprint density at radius 1 is 0.534 bits per heavy atom. The second-order valence-electron chi connectivity index (χ2n) is 13.4. The standard InChI is InChI=1S/C45H69O12P/c1-3-5-7-9-11-13-15-17-19-21-23-25-27-29-31-33-35-54-36-38(37-55-58(52,53)57-45-43(50)41(48)40(47)42(49)44(45)51)56-39(46)34-32-30-28-26-24-22-20-18-16-14-12-10-8-6-4-2/h5-8,11-14,17-20,23-26,29-32,38,40-45,47-51H,3-4,9-10,15-16,21-22,27-28,33-37H2,1-2H3,(H,52,53)/b7-5-,8-6-,13-11-,14-12-,19-17-,20-18-,25-23-,26-24-,31-29-,32-30-. The molecule has 6 unspecified atom stereocenters. The van der Waals surface area contributed by atoms with E-state index in [-0.39, 0.29) is 19.6 Å². The van der Waals surface area contributed by atoms with E-state index in [4.69, 9.17) is 18.5 Å². The highest BCUT2D eigenvalue weighted by Gasteiger charge is 2.51. The van der Waals surface area contributed by atoms with Crippen LogP contribution in [0.5, 0.6) is 0 Å².